The number of aryl methyl sites for hydroxylation is 1. The van der Waals surface area contributed by atoms with Crippen molar-refractivity contribution in [3.63, 3.8) is 0 Å². The van der Waals surface area contributed by atoms with Gasteiger partial charge in [0.15, 0.2) is 0 Å². The fourth-order valence-corrected chi connectivity index (χ4v) is 6.25. The van der Waals surface area contributed by atoms with Crippen LogP contribution in [0.4, 0.5) is 5.69 Å². The first-order chi connectivity index (χ1) is 19.9. The van der Waals surface area contributed by atoms with E-state index in [1.807, 2.05) is 27.7 Å². The van der Waals surface area contributed by atoms with Gasteiger partial charge in [0, 0.05) is 22.6 Å². The van der Waals surface area contributed by atoms with Crippen molar-refractivity contribution in [2.75, 3.05) is 18.0 Å². The molecule has 226 valence electrons. The van der Waals surface area contributed by atoms with Gasteiger partial charge in [-0.15, -0.1) is 0 Å². The van der Waals surface area contributed by atoms with E-state index < -0.39 is 28.5 Å². The number of rotatable bonds is 13. The minimum atomic E-state index is -4.24. The number of methoxy groups -OCH3 is 1. The van der Waals surface area contributed by atoms with Crippen molar-refractivity contribution in [1.82, 2.24) is 10.2 Å². The van der Waals surface area contributed by atoms with E-state index in [2.05, 4.69) is 5.32 Å². The van der Waals surface area contributed by atoms with Crippen LogP contribution in [0.3, 0.4) is 0 Å². The number of carbonyl (C=O) groups is 2. The Morgan fingerprint density at radius 3 is 2.05 bits per heavy atom. The molecule has 0 fully saturated rings. The summed E-state index contributed by atoms with van der Waals surface area (Å²) in [7, 11) is -2.68. The van der Waals surface area contributed by atoms with Crippen LogP contribution in [0.2, 0.25) is 10.0 Å². The number of nitrogens with zero attached hydrogens (tertiary/aromatic N) is 2. The second-order valence-corrected chi connectivity index (χ2v) is 12.8. The molecule has 1 N–H and O–H groups in total. The molecule has 0 heterocycles. The average Bonchev–Trinajstić information content (AvgIpc) is 2.95. The minimum absolute atomic E-state index is 0.000238. The van der Waals surface area contributed by atoms with Gasteiger partial charge in [-0.25, -0.2) is 8.42 Å². The number of sulfonamides is 1. The molecule has 11 heteroatoms. The molecule has 0 radical (unpaired) electrons. The molecule has 0 aromatic heterocycles. The lowest BCUT2D eigenvalue weighted by molar-refractivity contribution is -0.140. The molecule has 2 amide bonds. The first-order valence-corrected chi connectivity index (χ1v) is 15.9. The van der Waals surface area contributed by atoms with Crippen molar-refractivity contribution < 1.29 is 22.7 Å². The summed E-state index contributed by atoms with van der Waals surface area (Å²) >= 11 is 12.5. The van der Waals surface area contributed by atoms with E-state index in [-0.39, 0.29) is 39.1 Å². The first-order valence-electron chi connectivity index (χ1n) is 13.7. The molecule has 3 aromatic rings. The van der Waals surface area contributed by atoms with Crippen molar-refractivity contribution in [2.45, 2.75) is 64.1 Å². The van der Waals surface area contributed by atoms with E-state index >= 15 is 0 Å². The quantitative estimate of drug-likeness (QED) is 0.241. The summed E-state index contributed by atoms with van der Waals surface area (Å²) in [6.45, 7) is 6.99. The lowest BCUT2D eigenvalue weighted by atomic mass is 10.1. The molecule has 0 saturated heterocycles. The maximum absolute atomic E-state index is 14.2. The third-order valence-corrected chi connectivity index (χ3v) is 9.15. The SMILES string of the molecule is CC[C@H](C(=O)N[C@@H](C)CC)N(Cc1ccc(OC)cc1)C(=O)CN(c1cc(Cl)cc(Cl)c1)S(=O)(=O)c1ccc(C)cc1. The van der Waals surface area contributed by atoms with Crippen molar-refractivity contribution in [1.29, 1.82) is 0 Å². The van der Waals surface area contributed by atoms with Gasteiger partial charge in [0.05, 0.1) is 17.7 Å². The number of hydrogen-bond donors (Lipinski definition) is 1. The molecule has 0 aliphatic carbocycles. The van der Waals surface area contributed by atoms with Gasteiger partial charge in [-0.05, 0) is 74.7 Å². The summed E-state index contributed by atoms with van der Waals surface area (Å²) in [6.07, 6.45) is 1.03. The van der Waals surface area contributed by atoms with Crippen molar-refractivity contribution in [2.24, 2.45) is 0 Å². The number of benzene rings is 3. The average molecular weight is 635 g/mol. The molecule has 0 bridgehead atoms. The second-order valence-electron chi connectivity index (χ2n) is 10.1. The van der Waals surface area contributed by atoms with E-state index in [0.717, 1.165) is 15.4 Å². The predicted molar refractivity (Wildman–Crippen MR) is 168 cm³/mol. The molecule has 3 aromatic carbocycles. The van der Waals surface area contributed by atoms with Gasteiger partial charge in [0.1, 0.15) is 18.3 Å². The molecule has 3 rings (SSSR count). The molecule has 0 spiro atoms. The Balaban J connectivity index is 2.09. The van der Waals surface area contributed by atoms with E-state index in [4.69, 9.17) is 27.9 Å². The topological polar surface area (TPSA) is 96.0 Å². The van der Waals surface area contributed by atoms with Gasteiger partial charge in [-0.1, -0.05) is 66.9 Å². The third-order valence-electron chi connectivity index (χ3n) is 6.92. The first kappa shape index (κ1) is 33.2. The van der Waals surface area contributed by atoms with Gasteiger partial charge in [-0.2, -0.15) is 0 Å². The summed E-state index contributed by atoms with van der Waals surface area (Å²) in [4.78, 5) is 29.0. The lowest BCUT2D eigenvalue weighted by Gasteiger charge is -2.33. The fourth-order valence-electron chi connectivity index (χ4n) is 4.34. The monoisotopic (exact) mass is 633 g/mol. The number of amides is 2. The van der Waals surface area contributed by atoms with Crippen LogP contribution in [0.5, 0.6) is 5.75 Å². The normalized spacial score (nSPS) is 12.7. The van der Waals surface area contributed by atoms with Gasteiger partial charge < -0.3 is 15.0 Å². The van der Waals surface area contributed by atoms with E-state index in [0.29, 0.717) is 18.6 Å². The highest BCUT2D eigenvalue weighted by Gasteiger charge is 2.34. The smallest absolute Gasteiger partial charge is 0.264 e. The number of carbonyl (C=O) groups excluding carboxylic acids is 2. The van der Waals surface area contributed by atoms with Crippen molar-refractivity contribution >= 4 is 50.7 Å². The Morgan fingerprint density at radius 2 is 1.52 bits per heavy atom. The Morgan fingerprint density at radius 1 is 0.929 bits per heavy atom. The van der Waals surface area contributed by atoms with Crippen molar-refractivity contribution in [3.8, 4) is 5.75 Å². The highest BCUT2D eigenvalue weighted by Crippen LogP contribution is 2.30. The molecule has 0 aliphatic heterocycles. The zero-order chi connectivity index (χ0) is 31.0. The van der Waals surface area contributed by atoms with Crippen LogP contribution in [-0.2, 0) is 26.2 Å². The summed E-state index contributed by atoms with van der Waals surface area (Å²) in [5.74, 6) is -0.234. The number of hydrogen-bond acceptors (Lipinski definition) is 5. The Bertz CT molecular complexity index is 1460. The van der Waals surface area contributed by atoms with Crippen LogP contribution in [0.15, 0.2) is 71.6 Å². The van der Waals surface area contributed by atoms with Gasteiger partial charge in [0.2, 0.25) is 11.8 Å². The summed E-state index contributed by atoms with van der Waals surface area (Å²) in [6, 6.07) is 16.9. The zero-order valence-electron chi connectivity index (χ0n) is 24.4. The van der Waals surface area contributed by atoms with Crippen molar-refractivity contribution in [3.05, 3.63) is 87.9 Å². The molecular formula is C31H37Cl2N3O5S. The number of anilines is 1. The predicted octanol–water partition coefficient (Wildman–Crippen LogP) is 6.23. The molecule has 42 heavy (non-hydrogen) atoms. The Labute approximate surface area is 258 Å². The maximum Gasteiger partial charge on any atom is 0.264 e. The van der Waals surface area contributed by atoms with Crippen LogP contribution in [0, 0.1) is 6.92 Å². The molecule has 0 unspecified atom stereocenters. The summed E-state index contributed by atoms with van der Waals surface area (Å²) in [5.41, 5.74) is 1.76. The fraction of sp³-hybridized carbons (Fsp3) is 0.355. The van der Waals surface area contributed by atoms with Crippen LogP contribution in [0.25, 0.3) is 0 Å². The Kier molecular flexibility index (Phi) is 11.7. The molecule has 8 nitrogen and oxygen atoms in total. The highest BCUT2D eigenvalue weighted by atomic mass is 35.5. The Hall–Kier alpha value is -3.27. The second kappa shape index (κ2) is 14.8. The third kappa shape index (κ3) is 8.40. The zero-order valence-corrected chi connectivity index (χ0v) is 26.8. The summed E-state index contributed by atoms with van der Waals surface area (Å²) < 4.78 is 34.2. The van der Waals surface area contributed by atoms with Crippen LogP contribution in [0.1, 0.15) is 44.7 Å². The van der Waals surface area contributed by atoms with Gasteiger partial charge >= 0.3 is 0 Å². The highest BCUT2D eigenvalue weighted by molar-refractivity contribution is 7.92. The standard InChI is InChI=1S/C31H37Cl2N3O5S/c1-6-22(4)34-31(38)29(7-2)35(19-23-10-12-27(41-5)13-11-23)30(37)20-36(26-17-24(32)16-25(33)18-26)42(39,40)28-14-8-21(3)9-15-28/h8-18,22,29H,6-7,19-20H2,1-5H3,(H,34,38)/t22-,29+/m0/s1. The van der Waals surface area contributed by atoms with E-state index in [9.17, 15) is 18.0 Å². The minimum Gasteiger partial charge on any atom is -0.497 e. The van der Waals surface area contributed by atoms with Gasteiger partial charge in [0.25, 0.3) is 10.0 Å². The molecule has 2 atom stereocenters. The number of ether oxygens (including phenoxy) is 1. The number of nitrogens with one attached hydrogen (secondary N) is 1. The molecule has 0 saturated carbocycles. The lowest BCUT2D eigenvalue weighted by Crippen LogP contribution is -2.53. The van der Waals surface area contributed by atoms with Crippen LogP contribution >= 0.6 is 23.2 Å². The van der Waals surface area contributed by atoms with E-state index in [1.165, 1.54) is 35.2 Å². The van der Waals surface area contributed by atoms with Gasteiger partial charge in [-0.3, -0.25) is 13.9 Å². The van der Waals surface area contributed by atoms with Crippen LogP contribution < -0.4 is 14.4 Å². The maximum atomic E-state index is 14.2. The molecule has 0 aliphatic rings. The number of halogens is 2. The largest absolute Gasteiger partial charge is 0.497 e. The summed E-state index contributed by atoms with van der Waals surface area (Å²) in [5, 5.41) is 3.38. The van der Waals surface area contributed by atoms with E-state index in [1.54, 1.807) is 43.5 Å². The molecular weight excluding hydrogens is 597 g/mol. The van der Waals surface area contributed by atoms with Crippen LogP contribution in [-0.4, -0.2) is 50.9 Å².